The van der Waals surface area contributed by atoms with Crippen LogP contribution in [0.4, 0.5) is 5.82 Å². The third kappa shape index (κ3) is 4.37. The van der Waals surface area contributed by atoms with Crippen molar-refractivity contribution >= 4 is 26.9 Å². The molecule has 0 spiro atoms. The fraction of sp³-hybridized carbons (Fsp3) is 0.429. The van der Waals surface area contributed by atoms with E-state index in [1.54, 1.807) is 6.92 Å². The van der Waals surface area contributed by atoms with E-state index in [2.05, 4.69) is 20.0 Å². The number of aromatic nitrogens is 2. The van der Waals surface area contributed by atoms with Gasteiger partial charge < -0.3 is 5.32 Å². The van der Waals surface area contributed by atoms with Gasteiger partial charge >= 0.3 is 0 Å². The molecule has 0 atom stereocenters. The van der Waals surface area contributed by atoms with E-state index in [0.29, 0.717) is 19.5 Å². The molecule has 0 aliphatic carbocycles. The molecule has 2 rings (SSSR count). The molecule has 6 nitrogen and oxygen atoms in total. The number of aryl methyl sites for hydroxylation is 1. The van der Waals surface area contributed by atoms with Crippen molar-refractivity contribution in [1.29, 1.82) is 0 Å². The van der Waals surface area contributed by atoms with Crippen LogP contribution in [0.1, 0.15) is 19.0 Å². The largest absolute Gasteiger partial charge is 0.369 e. The van der Waals surface area contributed by atoms with Crippen molar-refractivity contribution in [2.24, 2.45) is 0 Å². The molecule has 0 radical (unpaired) electrons. The van der Waals surface area contributed by atoms with Crippen molar-refractivity contribution < 1.29 is 8.42 Å². The van der Waals surface area contributed by atoms with E-state index >= 15 is 0 Å². The van der Waals surface area contributed by atoms with Crippen LogP contribution in [0.25, 0.3) is 11.0 Å². The highest BCUT2D eigenvalue weighted by Gasteiger charge is 2.06. The van der Waals surface area contributed by atoms with Gasteiger partial charge in [-0.15, -0.1) is 0 Å². The summed E-state index contributed by atoms with van der Waals surface area (Å²) in [5.41, 5.74) is 2.55. The molecule has 0 saturated carbocycles. The third-order valence-electron chi connectivity index (χ3n) is 3.09. The SMILES string of the molecule is CCS(=O)(=O)NCCCNc1nc2ccccc2nc1C. The molecule has 0 amide bonds. The second kappa shape index (κ2) is 6.82. The standard InChI is InChI=1S/C14H20N4O2S/c1-3-21(19,20)16-10-6-9-15-14-11(2)17-12-7-4-5-8-13(12)18-14/h4-5,7-8,16H,3,6,9-10H2,1-2H3,(H,15,18). The maximum atomic E-state index is 11.3. The van der Waals surface area contributed by atoms with Gasteiger partial charge in [0.2, 0.25) is 10.0 Å². The molecule has 0 aliphatic heterocycles. The predicted octanol–water partition coefficient (Wildman–Crippen LogP) is 1.68. The van der Waals surface area contributed by atoms with E-state index in [-0.39, 0.29) is 5.75 Å². The van der Waals surface area contributed by atoms with Crippen molar-refractivity contribution in [2.75, 3.05) is 24.2 Å². The Kier molecular flexibility index (Phi) is 5.08. The van der Waals surface area contributed by atoms with E-state index in [1.165, 1.54) is 0 Å². The summed E-state index contributed by atoms with van der Waals surface area (Å²) in [6.07, 6.45) is 0.688. The van der Waals surface area contributed by atoms with Gasteiger partial charge in [-0.25, -0.2) is 23.1 Å². The fourth-order valence-corrected chi connectivity index (χ4v) is 2.54. The molecule has 0 fully saturated rings. The number of benzene rings is 1. The molecule has 1 aromatic heterocycles. The Hall–Kier alpha value is -1.73. The first-order valence-electron chi connectivity index (χ1n) is 6.96. The van der Waals surface area contributed by atoms with E-state index in [0.717, 1.165) is 22.5 Å². The van der Waals surface area contributed by atoms with Crippen LogP contribution in [0.5, 0.6) is 0 Å². The summed E-state index contributed by atoms with van der Waals surface area (Å²) >= 11 is 0. The van der Waals surface area contributed by atoms with Crippen LogP contribution in [0.2, 0.25) is 0 Å². The Labute approximate surface area is 125 Å². The molecular formula is C14H20N4O2S. The molecular weight excluding hydrogens is 288 g/mol. The summed E-state index contributed by atoms with van der Waals surface area (Å²) in [4.78, 5) is 9.02. The number of nitrogens with zero attached hydrogens (tertiary/aromatic N) is 2. The number of nitrogens with one attached hydrogen (secondary N) is 2. The van der Waals surface area contributed by atoms with Gasteiger partial charge in [0.1, 0.15) is 5.82 Å². The van der Waals surface area contributed by atoms with Gasteiger partial charge in [-0.2, -0.15) is 0 Å². The monoisotopic (exact) mass is 308 g/mol. The maximum Gasteiger partial charge on any atom is 0.211 e. The minimum absolute atomic E-state index is 0.107. The highest BCUT2D eigenvalue weighted by atomic mass is 32.2. The van der Waals surface area contributed by atoms with Gasteiger partial charge in [0, 0.05) is 13.1 Å². The molecule has 1 aromatic carbocycles. The fourth-order valence-electron chi connectivity index (χ4n) is 1.88. The van der Waals surface area contributed by atoms with E-state index in [9.17, 15) is 8.42 Å². The highest BCUT2D eigenvalue weighted by molar-refractivity contribution is 7.89. The Morgan fingerprint density at radius 2 is 1.76 bits per heavy atom. The summed E-state index contributed by atoms with van der Waals surface area (Å²) in [6.45, 7) is 4.58. The number of hydrogen-bond acceptors (Lipinski definition) is 5. The lowest BCUT2D eigenvalue weighted by atomic mass is 10.3. The molecule has 0 aliphatic rings. The van der Waals surface area contributed by atoms with Crippen LogP contribution < -0.4 is 10.0 Å². The number of sulfonamides is 1. The predicted molar refractivity (Wildman–Crippen MR) is 84.8 cm³/mol. The lowest BCUT2D eigenvalue weighted by molar-refractivity contribution is 0.581. The second-order valence-corrected chi connectivity index (χ2v) is 6.82. The normalized spacial score (nSPS) is 11.7. The first kappa shape index (κ1) is 15.7. The van der Waals surface area contributed by atoms with Crippen molar-refractivity contribution in [3.8, 4) is 0 Å². The van der Waals surface area contributed by atoms with E-state index in [4.69, 9.17) is 0 Å². The molecule has 0 saturated heterocycles. The average molecular weight is 308 g/mol. The number of rotatable bonds is 7. The Morgan fingerprint density at radius 3 is 2.43 bits per heavy atom. The van der Waals surface area contributed by atoms with Gasteiger partial charge in [-0.1, -0.05) is 12.1 Å². The molecule has 0 unspecified atom stereocenters. The zero-order valence-electron chi connectivity index (χ0n) is 12.3. The van der Waals surface area contributed by atoms with Gasteiger partial charge in [-0.05, 0) is 32.4 Å². The van der Waals surface area contributed by atoms with Crippen LogP contribution in [0.3, 0.4) is 0 Å². The number of fused-ring (bicyclic) bond motifs is 1. The van der Waals surface area contributed by atoms with Crippen molar-refractivity contribution in [2.45, 2.75) is 20.3 Å². The second-order valence-electron chi connectivity index (χ2n) is 4.72. The van der Waals surface area contributed by atoms with E-state index < -0.39 is 10.0 Å². The van der Waals surface area contributed by atoms with Gasteiger partial charge in [0.15, 0.2) is 0 Å². The number of para-hydroxylation sites is 2. The van der Waals surface area contributed by atoms with Gasteiger partial charge in [0.05, 0.1) is 22.5 Å². The quantitative estimate of drug-likeness (QED) is 0.760. The van der Waals surface area contributed by atoms with Crippen LogP contribution >= 0.6 is 0 Å². The summed E-state index contributed by atoms with van der Waals surface area (Å²) in [7, 11) is -3.11. The van der Waals surface area contributed by atoms with Crippen molar-refractivity contribution in [3.63, 3.8) is 0 Å². The first-order chi connectivity index (χ1) is 10.0. The first-order valence-corrected chi connectivity index (χ1v) is 8.61. The maximum absolute atomic E-state index is 11.3. The number of anilines is 1. The molecule has 0 bridgehead atoms. The topological polar surface area (TPSA) is 84.0 Å². The third-order valence-corrected chi connectivity index (χ3v) is 4.50. The summed E-state index contributed by atoms with van der Waals surface area (Å²) < 4.78 is 25.1. The lowest BCUT2D eigenvalue weighted by Gasteiger charge is -2.09. The van der Waals surface area contributed by atoms with Crippen molar-refractivity contribution in [1.82, 2.24) is 14.7 Å². The Morgan fingerprint density at radius 1 is 1.10 bits per heavy atom. The molecule has 7 heteroatoms. The molecule has 2 N–H and O–H groups in total. The molecule has 21 heavy (non-hydrogen) atoms. The smallest absolute Gasteiger partial charge is 0.211 e. The summed E-state index contributed by atoms with van der Waals surface area (Å²) in [5, 5.41) is 3.20. The lowest BCUT2D eigenvalue weighted by Crippen LogP contribution is -2.27. The summed E-state index contributed by atoms with van der Waals surface area (Å²) in [6, 6.07) is 7.71. The molecule has 1 heterocycles. The van der Waals surface area contributed by atoms with E-state index in [1.807, 2.05) is 31.2 Å². The molecule has 114 valence electrons. The Bertz CT molecular complexity index is 716. The summed E-state index contributed by atoms with van der Waals surface area (Å²) in [5.74, 6) is 0.849. The zero-order chi connectivity index (χ0) is 15.3. The van der Waals surface area contributed by atoms with Crippen LogP contribution in [-0.2, 0) is 10.0 Å². The van der Waals surface area contributed by atoms with Gasteiger partial charge in [-0.3, -0.25) is 0 Å². The van der Waals surface area contributed by atoms with Crippen LogP contribution in [0.15, 0.2) is 24.3 Å². The molecule has 2 aromatic rings. The Balaban J connectivity index is 1.90. The average Bonchev–Trinajstić information content (AvgIpc) is 2.47. The van der Waals surface area contributed by atoms with Crippen LogP contribution in [-0.4, -0.2) is 37.2 Å². The van der Waals surface area contributed by atoms with Gasteiger partial charge in [0.25, 0.3) is 0 Å². The highest BCUT2D eigenvalue weighted by Crippen LogP contribution is 2.15. The number of hydrogen-bond donors (Lipinski definition) is 2. The van der Waals surface area contributed by atoms with Crippen molar-refractivity contribution in [3.05, 3.63) is 30.0 Å². The van der Waals surface area contributed by atoms with Crippen LogP contribution in [0, 0.1) is 6.92 Å². The minimum Gasteiger partial charge on any atom is -0.369 e. The zero-order valence-corrected chi connectivity index (χ0v) is 13.1. The minimum atomic E-state index is -3.11.